The molecule has 0 aliphatic heterocycles. The van der Waals surface area contributed by atoms with E-state index in [1.54, 1.807) is 26.2 Å². The Kier molecular flexibility index (Phi) is 5.99. The van der Waals surface area contributed by atoms with Gasteiger partial charge in [0, 0.05) is 20.1 Å². The Morgan fingerprint density at radius 3 is 2.53 bits per heavy atom. The molecule has 5 nitrogen and oxygen atoms in total. The summed E-state index contributed by atoms with van der Waals surface area (Å²) in [7, 11) is 5.01. The van der Waals surface area contributed by atoms with Gasteiger partial charge in [-0.1, -0.05) is 6.07 Å². The average Bonchev–Trinajstić information content (AvgIpc) is 2.44. The minimum atomic E-state index is -0.0528. The van der Waals surface area contributed by atoms with Crippen LogP contribution in [0.3, 0.4) is 0 Å². The monoisotopic (exact) mass is 266 g/mol. The number of methoxy groups -OCH3 is 2. The summed E-state index contributed by atoms with van der Waals surface area (Å²) in [5, 5.41) is 2.76. The van der Waals surface area contributed by atoms with Crippen LogP contribution in [0.1, 0.15) is 12.5 Å². The van der Waals surface area contributed by atoms with E-state index in [1.807, 2.05) is 25.1 Å². The van der Waals surface area contributed by atoms with Gasteiger partial charge in [-0.05, 0) is 31.0 Å². The molecule has 0 aromatic heterocycles. The van der Waals surface area contributed by atoms with Crippen LogP contribution in [0.25, 0.3) is 0 Å². The van der Waals surface area contributed by atoms with Gasteiger partial charge in [0.2, 0.25) is 0 Å². The summed E-state index contributed by atoms with van der Waals surface area (Å²) in [6, 6.07) is 5.74. The number of nitrogens with zero attached hydrogens (tertiary/aromatic N) is 1. The number of likely N-dealkylation sites (N-methyl/N-ethyl adjacent to an activating group) is 1. The Labute approximate surface area is 114 Å². The van der Waals surface area contributed by atoms with Crippen LogP contribution in [-0.4, -0.2) is 45.3 Å². The first kappa shape index (κ1) is 15.1. The number of hydrogen-bond donors (Lipinski definition) is 1. The van der Waals surface area contributed by atoms with Gasteiger partial charge in [-0.3, -0.25) is 0 Å². The highest BCUT2D eigenvalue weighted by Gasteiger charge is 2.08. The van der Waals surface area contributed by atoms with Crippen LogP contribution in [-0.2, 0) is 6.42 Å². The van der Waals surface area contributed by atoms with Crippen molar-refractivity contribution in [2.45, 2.75) is 13.3 Å². The third-order valence-electron chi connectivity index (χ3n) is 2.86. The van der Waals surface area contributed by atoms with E-state index in [-0.39, 0.29) is 6.03 Å². The minimum absolute atomic E-state index is 0.0528. The molecule has 0 aliphatic carbocycles. The summed E-state index contributed by atoms with van der Waals surface area (Å²) in [5.41, 5.74) is 1.11. The van der Waals surface area contributed by atoms with Gasteiger partial charge in [0.15, 0.2) is 11.5 Å². The predicted octanol–water partition coefficient (Wildman–Crippen LogP) is 1.91. The van der Waals surface area contributed by atoms with Crippen molar-refractivity contribution in [2.75, 3.05) is 34.4 Å². The minimum Gasteiger partial charge on any atom is -0.493 e. The fourth-order valence-electron chi connectivity index (χ4n) is 1.72. The Bertz CT molecular complexity index is 421. The summed E-state index contributed by atoms with van der Waals surface area (Å²) in [6.07, 6.45) is 0.772. The normalized spacial score (nSPS) is 9.89. The molecule has 1 rings (SSSR count). The molecule has 0 atom stereocenters. The van der Waals surface area contributed by atoms with Crippen molar-refractivity contribution in [1.29, 1.82) is 0 Å². The van der Waals surface area contributed by atoms with Crippen molar-refractivity contribution in [3.05, 3.63) is 23.8 Å². The van der Waals surface area contributed by atoms with Gasteiger partial charge in [-0.25, -0.2) is 4.79 Å². The second kappa shape index (κ2) is 7.51. The molecule has 2 amide bonds. The second-order valence-corrected chi connectivity index (χ2v) is 4.20. The van der Waals surface area contributed by atoms with Gasteiger partial charge < -0.3 is 19.7 Å². The van der Waals surface area contributed by atoms with Crippen LogP contribution in [0.4, 0.5) is 4.79 Å². The Morgan fingerprint density at radius 1 is 1.26 bits per heavy atom. The number of ether oxygens (including phenoxy) is 2. The van der Waals surface area contributed by atoms with E-state index in [0.29, 0.717) is 24.6 Å². The Hall–Kier alpha value is -1.91. The molecule has 0 saturated carbocycles. The van der Waals surface area contributed by atoms with Crippen molar-refractivity contribution < 1.29 is 14.3 Å². The van der Waals surface area contributed by atoms with Crippen molar-refractivity contribution in [1.82, 2.24) is 10.2 Å². The molecule has 0 fully saturated rings. The van der Waals surface area contributed by atoms with Crippen LogP contribution in [0.2, 0.25) is 0 Å². The summed E-state index contributed by atoms with van der Waals surface area (Å²) in [4.78, 5) is 13.2. The second-order valence-electron chi connectivity index (χ2n) is 4.20. The standard InChI is InChI=1S/C14H22N2O3/c1-5-15-14(17)16(2)9-8-11-6-7-12(18-3)13(10-11)19-4/h6-7,10H,5,8-9H2,1-4H3,(H,15,17). The highest BCUT2D eigenvalue weighted by Crippen LogP contribution is 2.27. The Morgan fingerprint density at radius 2 is 1.95 bits per heavy atom. The molecular formula is C14H22N2O3. The zero-order valence-electron chi connectivity index (χ0n) is 12.0. The zero-order chi connectivity index (χ0) is 14.3. The van der Waals surface area contributed by atoms with E-state index in [2.05, 4.69) is 5.32 Å². The predicted molar refractivity (Wildman–Crippen MR) is 75.0 cm³/mol. The maximum absolute atomic E-state index is 11.6. The first-order valence-corrected chi connectivity index (χ1v) is 6.32. The third-order valence-corrected chi connectivity index (χ3v) is 2.86. The largest absolute Gasteiger partial charge is 0.493 e. The van der Waals surface area contributed by atoms with Gasteiger partial charge in [0.05, 0.1) is 14.2 Å². The molecule has 106 valence electrons. The van der Waals surface area contributed by atoms with Crippen LogP contribution in [0, 0.1) is 0 Å². The highest BCUT2D eigenvalue weighted by atomic mass is 16.5. The topological polar surface area (TPSA) is 50.8 Å². The van der Waals surface area contributed by atoms with Crippen molar-refractivity contribution in [3.8, 4) is 11.5 Å². The van der Waals surface area contributed by atoms with Crippen molar-refractivity contribution in [3.63, 3.8) is 0 Å². The number of urea groups is 1. The van der Waals surface area contributed by atoms with Crippen LogP contribution in [0.5, 0.6) is 11.5 Å². The van der Waals surface area contributed by atoms with Crippen molar-refractivity contribution >= 4 is 6.03 Å². The molecule has 0 radical (unpaired) electrons. The number of rotatable bonds is 6. The fraction of sp³-hybridized carbons (Fsp3) is 0.500. The maximum Gasteiger partial charge on any atom is 0.317 e. The fourth-order valence-corrected chi connectivity index (χ4v) is 1.72. The van der Waals surface area contributed by atoms with Gasteiger partial charge in [-0.15, -0.1) is 0 Å². The summed E-state index contributed by atoms with van der Waals surface area (Å²) in [5.74, 6) is 1.42. The number of amides is 2. The quantitative estimate of drug-likeness (QED) is 0.855. The van der Waals surface area contributed by atoms with Gasteiger partial charge in [0.25, 0.3) is 0 Å². The Balaban J connectivity index is 2.60. The molecule has 0 heterocycles. The molecule has 1 N–H and O–H groups in total. The third kappa shape index (κ3) is 4.35. The summed E-state index contributed by atoms with van der Waals surface area (Å²) < 4.78 is 10.4. The number of hydrogen-bond acceptors (Lipinski definition) is 3. The molecular weight excluding hydrogens is 244 g/mol. The lowest BCUT2D eigenvalue weighted by molar-refractivity contribution is 0.210. The van der Waals surface area contributed by atoms with E-state index < -0.39 is 0 Å². The highest BCUT2D eigenvalue weighted by molar-refractivity contribution is 5.73. The molecule has 19 heavy (non-hydrogen) atoms. The van der Waals surface area contributed by atoms with Crippen LogP contribution in [0.15, 0.2) is 18.2 Å². The molecule has 0 unspecified atom stereocenters. The van der Waals surface area contributed by atoms with E-state index in [9.17, 15) is 4.79 Å². The number of carbonyl (C=O) groups is 1. The first-order chi connectivity index (χ1) is 9.12. The van der Waals surface area contributed by atoms with E-state index in [1.165, 1.54) is 0 Å². The zero-order valence-corrected chi connectivity index (χ0v) is 12.0. The van der Waals surface area contributed by atoms with E-state index >= 15 is 0 Å². The molecule has 1 aromatic rings. The molecule has 0 spiro atoms. The van der Waals surface area contributed by atoms with E-state index in [4.69, 9.17) is 9.47 Å². The number of carbonyl (C=O) groups excluding carboxylic acids is 1. The van der Waals surface area contributed by atoms with Crippen LogP contribution >= 0.6 is 0 Å². The maximum atomic E-state index is 11.6. The van der Waals surface area contributed by atoms with Gasteiger partial charge in [0.1, 0.15) is 0 Å². The first-order valence-electron chi connectivity index (χ1n) is 6.32. The molecule has 5 heteroatoms. The molecule has 0 bridgehead atoms. The smallest absolute Gasteiger partial charge is 0.317 e. The van der Waals surface area contributed by atoms with Crippen molar-refractivity contribution in [2.24, 2.45) is 0 Å². The van der Waals surface area contributed by atoms with Crippen LogP contribution < -0.4 is 14.8 Å². The lowest BCUT2D eigenvalue weighted by Crippen LogP contribution is -2.38. The lowest BCUT2D eigenvalue weighted by Gasteiger charge is -2.17. The summed E-state index contributed by atoms with van der Waals surface area (Å²) >= 11 is 0. The SMILES string of the molecule is CCNC(=O)N(C)CCc1ccc(OC)c(OC)c1. The molecule has 0 aliphatic rings. The molecule has 1 aromatic carbocycles. The average molecular weight is 266 g/mol. The number of nitrogens with one attached hydrogen (secondary N) is 1. The van der Waals surface area contributed by atoms with Gasteiger partial charge in [-0.2, -0.15) is 0 Å². The van der Waals surface area contributed by atoms with E-state index in [0.717, 1.165) is 12.0 Å². The lowest BCUT2D eigenvalue weighted by atomic mass is 10.1. The summed E-state index contributed by atoms with van der Waals surface area (Å²) in [6.45, 7) is 3.20. The van der Waals surface area contributed by atoms with Gasteiger partial charge >= 0.3 is 6.03 Å². The molecule has 0 saturated heterocycles. The number of benzene rings is 1.